The molecule has 3 aromatic rings. The van der Waals surface area contributed by atoms with E-state index in [1.807, 2.05) is 28.8 Å². The highest BCUT2D eigenvalue weighted by molar-refractivity contribution is 6.32. The Morgan fingerprint density at radius 1 is 0.949 bits per heavy atom. The number of imidazole rings is 1. The average molecular weight is 836 g/mol. The summed E-state index contributed by atoms with van der Waals surface area (Å²) in [5.74, 6) is -2.90. The Morgan fingerprint density at radius 2 is 1.64 bits per heavy atom. The standard InChI is InChI=1S/C44H58ClN5O9/c1-3-4-11-36-49-38(45)37(50(36)27-29-12-14-30(15-13-29)34-9-5-6-10-35(34)42(55)56)40(52)47-23-22-46-39(51)31-16-18-33(19-17-31)48-43(57)44(20-7-8-21-44)26-32(41(53)54)28-59-25-24-58-2/h5-6,9-10,12-15,31-33H,3-4,7-8,11,16-28H2,1-2H3,(H,46,51)(H,47,52)(H,48,57)(H,53,54)(H,55,56). The number of carbonyl (C=O) groups is 5. The summed E-state index contributed by atoms with van der Waals surface area (Å²) in [5.41, 5.74) is 1.97. The van der Waals surface area contributed by atoms with Crippen LogP contribution in [0.5, 0.6) is 0 Å². The highest BCUT2D eigenvalue weighted by Gasteiger charge is 2.45. The number of nitrogens with zero attached hydrogens (tertiary/aromatic N) is 2. The van der Waals surface area contributed by atoms with Gasteiger partial charge in [-0.15, -0.1) is 0 Å². The number of amides is 3. The van der Waals surface area contributed by atoms with Crippen LogP contribution in [0.15, 0.2) is 48.5 Å². The van der Waals surface area contributed by atoms with Crippen LogP contribution in [0, 0.1) is 17.3 Å². The molecule has 0 aliphatic heterocycles. The van der Waals surface area contributed by atoms with E-state index in [4.69, 9.17) is 21.1 Å². The van der Waals surface area contributed by atoms with Crippen LogP contribution >= 0.6 is 11.6 Å². The highest BCUT2D eigenvalue weighted by atomic mass is 35.5. The fourth-order valence-electron chi connectivity index (χ4n) is 8.33. The van der Waals surface area contributed by atoms with Gasteiger partial charge in [0.05, 0.1) is 36.7 Å². The number of aliphatic carboxylic acids is 1. The lowest BCUT2D eigenvalue weighted by molar-refractivity contribution is -0.147. The quantitative estimate of drug-likeness (QED) is 0.0735. The first-order valence-electron chi connectivity index (χ1n) is 20.8. The maximum absolute atomic E-state index is 13.7. The fraction of sp³-hybridized carbons (Fsp3) is 0.545. The zero-order chi connectivity index (χ0) is 42.4. The van der Waals surface area contributed by atoms with Crippen molar-refractivity contribution >= 4 is 41.3 Å². The molecule has 1 unspecified atom stereocenters. The molecule has 5 rings (SSSR count). The number of unbranched alkanes of at least 4 members (excludes halogenated alkanes) is 1. The number of halogens is 1. The topological polar surface area (TPSA) is 198 Å². The Kier molecular flexibility index (Phi) is 16.9. The third kappa shape index (κ3) is 12.1. The van der Waals surface area contributed by atoms with E-state index in [9.17, 15) is 34.2 Å². The molecule has 2 fully saturated rings. The van der Waals surface area contributed by atoms with E-state index in [2.05, 4.69) is 27.9 Å². The zero-order valence-corrected chi connectivity index (χ0v) is 34.9. The predicted octanol–water partition coefficient (Wildman–Crippen LogP) is 6.13. The number of rotatable bonds is 22. The molecular formula is C44H58ClN5O9. The van der Waals surface area contributed by atoms with E-state index in [0.717, 1.165) is 36.8 Å². The summed E-state index contributed by atoms with van der Waals surface area (Å²) in [4.78, 5) is 68.8. The van der Waals surface area contributed by atoms with Crippen LogP contribution in [0.2, 0.25) is 5.15 Å². The first-order chi connectivity index (χ1) is 28.5. The van der Waals surface area contributed by atoms with Crippen molar-refractivity contribution < 1.29 is 43.7 Å². The third-order valence-corrected chi connectivity index (χ3v) is 11.9. The van der Waals surface area contributed by atoms with E-state index in [1.54, 1.807) is 31.4 Å². The number of carbonyl (C=O) groups excluding carboxylic acids is 3. The summed E-state index contributed by atoms with van der Waals surface area (Å²) in [6.45, 7) is 3.49. The van der Waals surface area contributed by atoms with Gasteiger partial charge in [-0.1, -0.05) is 80.3 Å². The Morgan fingerprint density at radius 3 is 2.31 bits per heavy atom. The number of hydrogen-bond acceptors (Lipinski definition) is 8. The molecule has 0 radical (unpaired) electrons. The lowest BCUT2D eigenvalue weighted by Crippen LogP contribution is -2.48. The second-order valence-corrected chi connectivity index (χ2v) is 16.1. The lowest BCUT2D eigenvalue weighted by Gasteiger charge is -2.34. The van der Waals surface area contributed by atoms with Gasteiger partial charge in [0.15, 0.2) is 5.15 Å². The van der Waals surface area contributed by atoms with Gasteiger partial charge in [0.25, 0.3) is 5.91 Å². The molecule has 1 atom stereocenters. The summed E-state index contributed by atoms with van der Waals surface area (Å²) in [6.07, 6.45) is 8.16. The maximum Gasteiger partial charge on any atom is 0.336 e. The molecule has 1 heterocycles. The minimum atomic E-state index is -1.00. The molecule has 0 spiro atoms. The Balaban J connectivity index is 1.11. The number of benzene rings is 2. The molecule has 0 saturated heterocycles. The molecule has 3 amide bonds. The molecule has 59 heavy (non-hydrogen) atoms. The Labute approximate surface area is 350 Å². The monoisotopic (exact) mass is 835 g/mol. The van der Waals surface area contributed by atoms with Crippen molar-refractivity contribution in [2.75, 3.05) is 40.0 Å². The molecule has 14 nitrogen and oxygen atoms in total. The van der Waals surface area contributed by atoms with Crippen molar-refractivity contribution in [3.05, 3.63) is 76.3 Å². The maximum atomic E-state index is 13.7. The minimum absolute atomic E-state index is 0.0291. The average Bonchev–Trinajstić information content (AvgIpc) is 3.84. The van der Waals surface area contributed by atoms with Crippen LogP contribution in [-0.2, 0) is 36.8 Å². The summed E-state index contributed by atoms with van der Waals surface area (Å²) >= 11 is 6.58. The van der Waals surface area contributed by atoms with Crippen molar-refractivity contribution in [1.82, 2.24) is 25.5 Å². The number of ether oxygens (including phenoxy) is 2. The molecule has 0 bridgehead atoms. The van der Waals surface area contributed by atoms with Crippen LogP contribution in [0.1, 0.15) is 110 Å². The lowest BCUT2D eigenvalue weighted by atomic mass is 9.76. The Bertz CT molecular complexity index is 1900. The number of carboxylic acid groups (broad SMARTS) is 2. The number of aromatic carboxylic acids is 1. The van der Waals surface area contributed by atoms with Crippen molar-refractivity contribution in [3.63, 3.8) is 0 Å². The summed E-state index contributed by atoms with van der Waals surface area (Å²) in [7, 11) is 1.55. The van der Waals surface area contributed by atoms with Gasteiger partial charge in [-0.2, -0.15) is 0 Å². The first kappa shape index (κ1) is 45.3. The van der Waals surface area contributed by atoms with E-state index in [-0.39, 0.29) is 66.3 Å². The molecule has 2 aliphatic carbocycles. The normalized spacial score (nSPS) is 17.9. The molecule has 15 heteroatoms. The molecular weight excluding hydrogens is 778 g/mol. The van der Waals surface area contributed by atoms with Gasteiger partial charge in [-0.3, -0.25) is 19.2 Å². The van der Waals surface area contributed by atoms with E-state index in [1.165, 1.54) is 0 Å². The van der Waals surface area contributed by atoms with Gasteiger partial charge in [0.1, 0.15) is 11.5 Å². The summed E-state index contributed by atoms with van der Waals surface area (Å²) in [6, 6.07) is 14.3. The number of carboxylic acids is 2. The van der Waals surface area contributed by atoms with Crippen LogP contribution in [0.4, 0.5) is 0 Å². The van der Waals surface area contributed by atoms with E-state index < -0.39 is 29.2 Å². The van der Waals surface area contributed by atoms with Crippen molar-refractivity contribution in [1.29, 1.82) is 0 Å². The van der Waals surface area contributed by atoms with Crippen LogP contribution in [0.25, 0.3) is 11.1 Å². The van der Waals surface area contributed by atoms with E-state index in [0.29, 0.717) is 76.1 Å². The number of aromatic nitrogens is 2. The van der Waals surface area contributed by atoms with Crippen LogP contribution < -0.4 is 16.0 Å². The number of aryl methyl sites for hydroxylation is 1. The van der Waals surface area contributed by atoms with Crippen LogP contribution in [-0.4, -0.2) is 95.5 Å². The van der Waals surface area contributed by atoms with Gasteiger partial charge >= 0.3 is 11.9 Å². The molecule has 2 aliphatic rings. The molecule has 1 aromatic heterocycles. The molecule has 2 saturated carbocycles. The van der Waals surface area contributed by atoms with Crippen molar-refractivity contribution in [2.24, 2.45) is 17.3 Å². The third-order valence-electron chi connectivity index (χ3n) is 11.7. The number of hydrogen-bond donors (Lipinski definition) is 5. The molecule has 2 aromatic carbocycles. The SMILES string of the molecule is CCCCc1nc(Cl)c(C(=O)NCCNC(=O)C2CCC(NC(=O)C3(CC(COCCOC)C(=O)O)CCCC3)CC2)n1Cc1ccc(-c2ccccc2C(=O)O)cc1. The second kappa shape index (κ2) is 22.0. The number of nitrogens with one attached hydrogen (secondary N) is 3. The van der Waals surface area contributed by atoms with Crippen LogP contribution in [0.3, 0.4) is 0 Å². The van der Waals surface area contributed by atoms with E-state index >= 15 is 0 Å². The minimum Gasteiger partial charge on any atom is -0.481 e. The smallest absolute Gasteiger partial charge is 0.336 e. The molecule has 5 N–H and O–H groups in total. The predicted molar refractivity (Wildman–Crippen MR) is 222 cm³/mol. The fourth-order valence-corrected chi connectivity index (χ4v) is 8.62. The van der Waals surface area contributed by atoms with Gasteiger partial charge in [-0.25, -0.2) is 9.78 Å². The zero-order valence-electron chi connectivity index (χ0n) is 34.1. The summed E-state index contributed by atoms with van der Waals surface area (Å²) < 4.78 is 12.3. The highest BCUT2D eigenvalue weighted by Crippen LogP contribution is 2.44. The van der Waals surface area contributed by atoms with Crippen molar-refractivity contribution in [2.45, 2.75) is 96.6 Å². The number of methoxy groups -OCH3 is 1. The second-order valence-electron chi connectivity index (χ2n) is 15.8. The Hall–Kier alpha value is -4.79. The molecule has 320 valence electrons. The van der Waals surface area contributed by atoms with Gasteiger partial charge in [0, 0.05) is 45.1 Å². The van der Waals surface area contributed by atoms with Gasteiger partial charge in [-0.05, 0) is 74.1 Å². The largest absolute Gasteiger partial charge is 0.481 e. The first-order valence-corrected chi connectivity index (χ1v) is 21.2. The van der Waals surface area contributed by atoms with Crippen molar-refractivity contribution in [3.8, 4) is 11.1 Å². The summed E-state index contributed by atoms with van der Waals surface area (Å²) in [5, 5.41) is 28.6. The van der Waals surface area contributed by atoms with Gasteiger partial charge in [0.2, 0.25) is 11.8 Å². The van der Waals surface area contributed by atoms with Gasteiger partial charge < -0.3 is 40.2 Å².